The summed E-state index contributed by atoms with van der Waals surface area (Å²) < 4.78 is 23.6. The summed E-state index contributed by atoms with van der Waals surface area (Å²) >= 11 is 0. The van der Waals surface area contributed by atoms with Gasteiger partial charge in [-0.25, -0.2) is 9.97 Å². The summed E-state index contributed by atoms with van der Waals surface area (Å²) in [5.74, 6) is -0.215. The van der Waals surface area contributed by atoms with E-state index in [1.165, 1.54) is 13.1 Å². The fourth-order valence-corrected chi connectivity index (χ4v) is 8.36. The monoisotopic (exact) mass is 793 g/mol. The number of benzene rings is 6. The summed E-state index contributed by atoms with van der Waals surface area (Å²) in [7, 11) is 0. The number of carbonyl (C=O) groups is 1. The number of hydrogen-bond donors (Lipinski definition) is 2. The van der Waals surface area contributed by atoms with E-state index in [2.05, 4.69) is 56.7 Å². The first-order valence-electron chi connectivity index (χ1n) is 19.9. The number of nitrogens with one attached hydrogen (secondary N) is 1. The SMILES string of the molecule is CC(=O)Nc1ncc2ncn([C@@H]3O[C@H](COC(c4ccccc4)(c4ccccc4)c4ccccc4)[C@@H](OC(c4ccccc4)(c4ccccc4)c4ccccc4)[C@H]3O)c2n1. The van der Waals surface area contributed by atoms with E-state index in [0.29, 0.717) is 11.2 Å². The largest absolute Gasteiger partial charge is 0.386 e. The van der Waals surface area contributed by atoms with Crippen LogP contribution in [-0.2, 0) is 30.2 Å². The van der Waals surface area contributed by atoms with E-state index in [4.69, 9.17) is 14.2 Å². The second kappa shape index (κ2) is 16.8. The molecule has 2 aromatic heterocycles. The lowest BCUT2D eigenvalue weighted by atomic mass is 9.79. The number of imidazole rings is 1. The number of rotatable bonds is 13. The minimum atomic E-state index is -1.27. The van der Waals surface area contributed by atoms with E-state index < -0.39 is 35.7 Å². The van der Waals surface area contributed by atoms with Gasteiger partial charge in [-0.2, -0.15) is 4.98 Å². The molecule has 0 radical (unpaired) electrons. The van der Waals surface area contributed by atoms with Crippen molar-refractivity contribution >= 4 is 23.0 Å². The number of carbonyl (C=O) groups excluding carboxylic acids is 1. The predicted octanol–water partition coefficient (Wildman–Crippen LogP) is 8.43. The van der Waals surface area contributed by atoms with Gasteiger partial charge < -0.3 is 19.3 Å². The van der Waals surface area contributed by atoms with E-state index in [-0.39, 0.29) is 18.5 Å². The van der Waals surface area contributed by atoms with Gasteiger partial charge in [-0.15, -0.1) is 0 Å². The zero-order valence-electron chi connectivity index (χ0n) is 32.9. The van der Waals surface area contributed by atoms with Gasteiger partial charge in [0.1, 0.15) is 35.0 Å². The van der Waals surface area contributed by atoms with E-state index in [1.807, 2.05) is 146 Å². The van der Waals surface area contributed by atoms with E-state index >= 15 is 0 Å². The standard InChI is InChI=1S/C50H43N5O5/c1-35(56)53-48-51-32-42-46(54-48)55(34-52-42)47-44(57)45(60-50(39-26-14-5-15-27-39,40-28-16-6-17-29-40)41-30-18-7-19-31-41)43(59-47)33-58-49(36-20-8-2-9-21-36,37-22-10-3-11-23-37)38-24-12-4-13-25-38/h2-32,34,43-45,47,57H,33H2,1H3,(H,51,53,54,56)/t43-,44-,45-,47-/m1/s1. The summed E-state index contributed by atoms with van der Waals surface area (Å²) in [5.41, 5.74) is 3.89. The van der Waals surface area contributed by atoms with Crippen LogP contribution in [0.3, 0.4) is 0 Å². The lowest BCUT2D eigenvalue weighted by Crippen LogP contribution is -2.46. The Morgan fingerprint density at radius 1 is 0.650 bits per heavy atom. The van der Waals surface area contributed by atoms with Gasteiger partial charge in [0, 0.05) is 6.92 Å². The number of aliphatic hydroxyl groups excluding tert-OH is 1. The molecular weight excluding hydrogens is 751 g/mol. The van der Waals surface area contributed by atoms with Gasteiger partial charge >= 0.3 is 0 Å². The zero-order valence-corrected chi connectivity index (χ0v) is 32.9. The molecular formula is C50H43N5O5. The van der Waals surface area contributed by atoms with Crippen LogP contribution in [0.5, 0.6) is 0 Å². The maximum absolute atomic E-state index is 12.8. The molecule has 298 valence electrons. The van der Waals surface area contributed by atoms with Gasteiger partial charge in [-0.05, 0) is 33.4 Å². The van der Waals surface area contributed by atoms with Crippen molar-refractivity contribution in [3.8, 4) is 0 Å². The summed E-state index contributed by atoms with van der Waals surface area (Å²) in [6.07, 6.45) is -1.07. The van der Waals surface area contributed by atoms with Crippen LogP contribution >= 0.6 is 0 Å². The van der Waals surface area contributed by atoms with Gasteiger partial charge in [-0.1, -0.05) is 182 Å². The number of amides is 1. The molecule has 2 N–H and O–H groups in total. The topological polar surface area (TPSA) is 121 Å². The van der Waals surface area contributed by atoms with E-state index in [9.17, 15) is 9.90 Å². The highest BCUT2D eigenvalue weighted by Crippen LogP contribution is 2.47. The second-order valence-corrected chi connectivity index (χ2v) is 14.7. The summed E-state index contributed by atoms with van der Waals surface area (Å²) in [6.45, 7) is 1.38. The molecule has 0 saturated carbocycles. The number of aliphatic hydroxyl groups is 1. The summed E-state index contributed by atoms with van der Waals surface area (Å²) in [4.78, 5) is 25.4. The Morgan fingerprint density at radius 3 is 1.48 bits per heavy atom. The van der Waals surface area contributed by atoms with Crippen molar-refractivity contribution in [2.24, 2.45) is 0 Å². The Kier molecular flexibility index (Phi) is 10.8. The first kappa shape index (κ1) is 38.7. The van der Waals surface area contributed by atoms with Crippen LogP contribution < -0.4 is 5.32 Å². The molecule has 0 spiro atoms. The van der Waals surface area contributed by atoms with Crippen molar-refractivity contribution in [1.82, 2.24) is 19.5 Å². The Labute approximate surface area is 348 Å². The number of ether oxygens (including phenoxy) is 3. The Morgan fingerprint density at radius 2 is 1.07 bits per heavy atom. The normalized spacial score (nSPS) is 18.0. The van der Waals surface area contributed by atoms with Crippen LogP contribution in [0.2, 0.25) is 0 Å². The molecule has 6 aromatic carbocycles. The fourth-order valence-electron chi connectivity index (χ4n) is 8.36. The molecule has 4 atom stereocenters. The first-order valence-corrected chi connectivity index (χ1v) is 19.9. The molecule has 1 amide bonds. The fraction of sp³-hybridized carbons (Fsp3) is 0.160. The van der Waals surface area contributed by atoms with Crippen molar-refractivity contribution in [3.05, 3.63) is 228 Å². The quantitative estimate of drug-likeness (QED) is 0.112. The third kappa shape index (κ3) is 7.16. The van der Waals surface area contributed by atoms with E-state index in [1.54, 1.807) is 10.9 Å². The van der Waals surface area contributed by atoms with Gasteiger partial charge in [-0.3, -0.25) is 14.7 Å². The molecule has 9 rings (SSSR count). The number of fused-ring (bicyclic) bond motifs is 1. The van der Waals surface area contributed by atoms with Crippen LogP contribution in [0, 0.1) is 0 Å². The Hall–Kier alpha value is -6.82. The van der Waals surface area contributed by atoms with Crippen molar-refractivity contribution in [2.45, 2.75) is 42.7 Å². The maximum Gasteiger partial charge on any atom is 0.231 e. The molecule has 0 unspecified atom stereocenters. The molecule has 10 nitrogen and oxygen atoms in total. The van der Waals surface area contributed by atoms with Crippen LogP contribution in [0.15, 0.2) is 195 Å². The van der Waals surface area contributed by atoms with Crippen molar-refractivity contribution in [1.29, 1.82) is 0 Å². The Balaban J connectivity index is 1.21. The molecule has 0 bridgehead atoms. The lowest BCUT2D eigenvalue weighted by Gasteiger charge is -2.41. The van der Waals surface area contributed by atoms with Gasteiger partial charge in [0.25, 0.3) is 0 Å². The molecule has 60 heavy (non-hydrogen) atoms. The minimum Gasteiger partial charge on any atom is -0.386 e. The molecule has 8 aromatic rings. The zero-order chi connectivity index (χ0) is 40.9. The maximum atomic E-state index is 12.8. The van der Waals surface area contributed by atoms with Crippen LogP contribution in [-0.4, -0.2) is 55.5 Å². The number of anilines is 1. The third-order valence-electron chi connectivity index (χ3n) is 11.0. The van der Waals surface area contributed by atoms with Crippen molar-refractivity contribution in [3.63, 3.8) is 0 Å². The molecule has 0 aliphatic carbocycles. The van der Waals surface area contributed by atoms with Gasteiger partial charge in [0.15, 0.2) is 11.9 Å². The number of hydrogen-bond acceptors (Lipinski definition) is 8. The highest BCUT2D eigenvalue weighted by atomic mass is 16.6. The lowest BCUT2D eigenvalue weighted by molar-refractivity contribution is -0.131. The summed E-state index contributed by atoms with van der Waals surface area (Å²) in [5, 5.41) is 15.4. The number of aromatic nitrogens is 4. The highest BCUT2D eigenvalue weighted by molar-refractivity contribution is 5.87. The molecule has 1 aliphatic heterocycles. The smallest absolute Gasteiger partial charge is 0.231 e. The highest BCUT2D eigenvalue weighted by Gasteiger charge is 2.52. The number of nitrogens with zero attached hydrogens (tertiary/aromatic N) is 4. The average molecular weight is 794 g/mol. The molecule has 1 aliphatic rings. The van der Waals surface area contributed by atoms with Crippen molar-refractivity contribution in [2.75, 3.05) is 11.9 Å². The third-order valence-corrected chi connectivity index (χ3v) is 11.0. The van der Waals surface area contributed by atoms with Crippen LogP contribution in [0.1, 0.15) is 46.5 Å². The van der Waals surface area contributed by atoms with Gasteiger partial charge in [0.2, 0.25) is 11.9 Å². The molecule has 10 heteroatoms. The van der Waals surface area contributed by atoms with Gasteiger partial charge in [0.05, 0.1) is 19.1 Å². The Bertz CT molecular complexity index is 2460. The summed E-state index contributed by atoms with van der Waals surface area (Å²) in [6, 6.07) is 60.5. The van der Waals surface area contributed by atoms with Crippen molar-refractivity contribution < 1.29 is 24.1 Å². The van der Waals surface area contributed by atoms with Crippen LogP contribution in [0.4, 0.5) is 5.95 Å². The molecule has 1 saturated heterocycles. The minimum absolute atomic E-state index is 0.00981. The van der Waals surface area contributed by atoms with Crippen LogP contribution in [0.25, 0.3) is 11.2 Å². The first-order chi connectivity index (χ1) is 29.5. The predicted molar refractivity (Wildman–Crippen MR) is 229 cm³/mol. The second-order valence-electron chi connectivity index (χ2n) is 14.7. The average Bonchev–Trinajstić information content (AvgIpc) is 3.86. The van der Waals surface area contributed by atoms with E-state index in [0.717, 1.165) is 33.4 Å². The molecule has 3 heterocycles. The molecule has 1 fully saturated rings.